The molecule has 1 aromatic carbocycles. The van der Waals surface area contributed by atoms with Gasteiger partial charge in [0.2, 0.25) is 0 Å². The fraction of sp³-hybridized carbons (Fsp3) is 0.273. The summed E-state index contributed by atoms with van der Waals surface area (Å²) in [6.45, 7) is 0. The third kappa shape index (κ3) is 3.26. The molecule has 0 bridgehead atoms. The normalized spacial score (nSPS) is 10.6. The first kappa shape index (κ1) is 13.6. The number of hydrogen-bond donors (Lipinski definition) is 0. The molecule has 0 unspecified atom stereocenters. The maximum Gasteiger partial charge on any atom is 0.340 e. The Hall–Kier alpha value is -1.43. The van der Waals surface area contributed by atoms with Crippen LogP contribution in [0, 0.1) is 5.82 Å². The van der Waals surface area contributed by atoms with Crippen molar-refractivity contribution in [2.75, 3.05) is 21.2 Å². The summed E-state index contributed by atoms with van der Waals surface area (Å²) >= 11 is 3.04. The van der Waals surface area contributed by atoms with E-state index in [1.54, 1.807) is 19.0 Å². The van der Waals surface area contributed by atoms with Gasteiger partial charge in [-0.2, -0.15) is 0 Å². The molecule has 0 saturated carbocycles. The SMILES string of the molecule is COC(=O)c1ccc(Br)c(F)c1N=CN(C)C. The van der Waals surface area contributed by atoms with Gasteiger partial charge in [-0.15, -0.1) is 0 Å². The van der Waals surface area contributed by atoms with Crippen molar-refractivity contribution in [2.45, 2.75) is 0 Å². The number of esters is 1. The molecule has 1 aromatic rings. The standard InChI is InChI=1S/C11H12BrFN2O2/c1-15(2)6-14-10-7(11(16)17-3)4-5-8(12)9(10)13/h4-6H,1-3H3. The number of benzene rings is 1. The number of rotatable bonds is 3. The van der Waals surface area contributed by atoms with E-state index in [1.807, 2.05) is 0 Å². The summed E-state index contributed by atoms with van der Waals surface area (Å²) in [6, 6.07) is 2.90. The third-order valence-corrected chi connectivity index (χ3v) is 2.50. The van der Waals surface area contributed by atoms with Crippen LogP contribution in [-0.4, -0.2) is 38.4 Å². The molecular weight excluding hydrogens is 291 g/mol. The summed E-state index contributed by atoms with van der Waals surface area (Å²) in [5.41, 5.74) is 0.0474. The van der Waals surface area contributed by atoms with Crippen molar-refractivity contribution in [1.82, 2.24) is 4.90 Å². The first-order chi connectivity index (χ1) is 7.97. The summed E-state index contributed by atoms with van der Waals surface area (Å²) in [4.78, 5) is 17.0. The summed E-state index contributed by atoms with van der Waals surface area (Å²) in [6.07, 6.45) is 1.41. The van der Waals surface area contributed by atoms with Crippen LogP contribution in [0.2, 0.25) is 0 Å². The van der Waals surface area contributed by atoms with Crippen LogP contribution in [0.15, 0.2) is 21.6 Å². The highest BCUT2D eigenvalue weighted by atomic mass is 79.9. The van der Waals surface area contributed by atoms with Crippen molar-refractivity contribution in [2.24, 2.45) is 4.99 Å². The molecule has 1 rings (SSSR count). The number of ether oxygens (including phenoxy) is 1. The number of carbonyl (C=O) groups excluding carboxylic acids is 1. The molecule has 4 nitrogen and oxygen atoms in total. The van der Waals surface area contributed by atoms with Crippen molar-refractivity contribution in [3.05, 3.63) is 28.0 Å². The lowest BCUT2D eigenvalue weighted by Gasteiger charge is -2.08. The maximum atomic E-state index is 13.8. The van der Waals surface area contributed by atoms with Crippen LogP contribution in [0.4, 0.5) is 10.1 Å². The van der Waals surface area contributed by atoms with E-state index in [2.05, 4.69) is 25.7 Å². The van der Waals surface area contributed by atoms with Crippen LogP contribution < -0.4 is 0 Å². The summed E-state index contributed by atoms with van der Waals surface area (Å²) in [5, 5.41) is 0. The molecule has 0 atom stereocenters. The number of halogens is 2. The Labute approximate surface area is 107 Å². The van der Waals surface area contributed by atoms with Gasteiger partial charge >= 0.3 is 5.97 Å². The molecule has 0 N–H and O–H groups in total. The molecule has 0 amide bonds. The molecule has 92 valence electrons. The van der Waals surface area contributed by atoms with E-state index < -0.39 is 11.8 Å². The number of methoxy groups -OCH3 is 1. The Morgan fingerprint density at radius 1 is 1.53 bits per heavy atom. The molecule has 0 saturated heterocycles. The molecule has 0 aliphatic heterocycles. The van der Waals surface area contributed by atoms with Gasteiger partial charge in [0.1, 0.15) is 5.69 Å². The van der Waals surface area contributed by atoms with Crippen molar-refractivity contribution >= 4 is 33.9 Å². The monoisotopic (exact) mass is 302 g/mol. The van der Waals surface area contributed by atoms with E-state index in [4.69, 9.17) is 0 Å². The average molecular weight is 303 g/mol. The van der Waals surface area contributed by atoms with Gasteiger partial charge in [0, 0.05) is 14.1 Å². The second-order valence-corrected chi connectivity index (χ2v) is 4.31. The van der Waals surface area contributed by atoms with Crippen molar-refractivity contribution < 1.29 is 13.9 Å². The van der Waals surface area contributed by atoms with E-state index >= 15 is 0 Å². The fourth-order valence-electron chi connectivity index (χ4n) is 1.11. The summed E-state index contributed by atoms with van der Waals surface area (Å²) < 4.78 is 18.6. The summed E-state index contributed by atoms with van der Waals surface area (Å²) in [5.74, 6) is -1.21. The average Bonchev–Trinajstić information content (AvgIpc) is 2.29. The predicted molar refractivity (Wildman–Crippen MR) is 67.3 cm³/mol. The topological polar surface area (TPSA) is 41.9 Å². The Morgan fingerprint density at radius 3 is 2.71 bits per heavy atom. The Kier molecular flexibility index (Phi) is 4.62. The second-order valence-electron chi connectivity index (χ2n) is 3.46. The van der Waals surface area contributed by atoms with Crippen molar-refractivity contribution in [3.8, 4) is 0 Å². The minimum atomic E-state index is -0.623. The minimum Gasteiger partial charge on any atom is -0.465 e. The van der Waals surface area contributed by atoms with E-state index in [0.717, 1.165) is 0 Å². The lowest BCUT2D eigenvalue weighted by Crippen LogP contribution is -2.08. The largest absolute Gasteiger partial charge is 0.465 e. The molecule has 0 fully saturated rings. The number of carbonyl (C=O) groups is 1. The second kappa shape index (κ2) is 5.77. The van der Waals surface area contributed by atoms with Gasteiger partial charge in [-0.3, -0.25) is 0 Å². The first-order valence-corrected chi connectivity index (χ1v) is 5.53. The van der Waals surface area contributed by atoms with Gasteiger partial charge < -0.3 is 9.64 Å². The van der Waals surface area contributed by atoms with Crippen LogP contribution >= 0.6 is 15.9 Å². The number of aliphatic imine (C=N–C) groups is 1. The van der Waals surface area contributed by atoms with Crippen LogP contribution in [-0.2, 0) is 4.74 Å². The van der Waals surface area contributed by atoms with E-state index in [9.17, 15) is 9.18 Å². The molecule has 0 aliphatic rings. The highest BCUT2D eigenvalue weighted by molar-refractivity contribution is 9.10. The Morgan fingerprint density at radius 2 is 2.18 bits per heavy atom. The van der Waals surface area contributed by atoms with E-state index in [0.29, 0.717) is 0 Å². The van der Waals surface area contributed by atoms with Crippen LogP contribution in [0.25, 0.3) is 0 Å². The Bertz CT molecular complexity index is 461. The molecule has 0 spiro atoms. The Balaban J connectivity index is 3.31. The molecule has 0 radical (unpaired) electrons. The quantitative estimate of drug-likeness (QED) is 0.490. The van der Waals surface area contributed by atoms with Crippen LogP contribution in [0.3, 0.4) is 0 Å². The predicted octanol–water partition coefficient (Wildman–Crippen LogP) is 2.60. The number of nitrogens with zero attached hydrogens (tertiary/aromatic N) is 2. The van der Waals surface area contributed by atoms with Gasteiger partial charge in [-0.1, -0.05) is 0 Å². The zero-order valence-electron chi connectivity index (χ0n) is 9.70. The zero-order valence-corrected chi connectivity index (χ0v) is 11.3. The molecular formula is C11H12BrFN2O2. The van der Waals surface area contributed by atoms with Gasteiger partial charge in [0.25, 0.3) is 0 Å². The highest BCUT2D eigenvalue weighted by Gasteiger charge is 2.17. The highest BCUT2D eigenvalue weighted by Crippen LogP contribution is 2.29. The van der Waals surface area contributed by atoms with E-state index in [1.165, 1.54) is 25.6 Å². The van der Waals surface area contributed by atoms with Crippen LogP contribution in [0.1, 0.15) is 10.4 Å². The third-order valence-electron chi connectivity index (χ3n) is 1.89. The molecule has 17 heavy (non-hydrogen) atoms. The lowest BCUT2D eigenvalue weighted by molar-refractivity contribution is 0.0601. The maximum absolute atomic E-state index is 13.8. The van der Waals surface area contributed by atoms with Crippen molar-refractivity contribution in [3.63, 3.8) is 0 Å². The lowest BCUT2D eigenvalue weighted by atomic mass is 10.2. The minimum absolute atomic E-state index is 0.0417. The molecule has 6 heteroatoms. The van der Waals surface area contributed by atoms with Crippen molar-refractivity contribution in [1.29, 1.82) is 0 Å². The van der Waals surface area contributed by atoms with Crippen LogP contribution in [0.5, 0.6) is 0 Å². The van der Waals surface area contributed by atoms with Gasteiger partial charge in [0.15, 0.2) is 5.82 Å². The molecule has 0 heterocycles. The number of hydrogen-bond acceptors (Lipinski definition) is 3. The first-order valence-electron chi connectivity index (χ1n) is 4.74. The summed E-state index contributed by atoms with van der Waals surface area (Å²) in [7, 11) is 4.73. The van der Waals surface area contributed by atoms with Gasteiger partial charge in [0.05, 0.1) is 23.5 Å². The zero-order chi connectivity index (χ0) is 13.0. The molecule has 0 aromatic heterocycles. The van der Waals surface area contributed by atoms with Gasteiger partial charge in [-0.25, -0.2) is 14.2 Å². The van der Waals surface area contributed by atoms with E-state index in [-0.39, 0.29) is 15.7 Å². The fourth-order valence-corrected chi connectivity index (χ4v) is 1.43. The smallest absolute Gasteiger partial charge is 0.340 e. The van der Waals surface area contributed by atoms with Gasteiger partial charge in [-0.05, 0) is 28.1 Å². The molecule has 0 aliphatic carbocycles.